The number of rotatable bonds is 12. The summed E-state index contributed by atoms with van der Waals surface area (Å²) in [6, 6.07) is 12.2. The van der Waals surface area contributed by atoms with Crippen LogP contribution in [-0.2, 0) is 9.53 Å². The van der Waals surface area contributed by atoms with E-state index in [1.165, 1.54) is 31.2 Å². The number of carbonyl (C=O) groups excluding carboxylic acids is 1. The SMILES string of the molecule is CCCCC1(CCCC)CN(c2ccc(N(C)C)cc2)c2cc(SC)c(O/C=C/C(=O)OC)cc2S(O)(O)C1. The highest BCUT2D eigenvalue weighted by atomic mass is 32.3. The minimum atomic E-state index is -3.16. The van der Waals surface area contributed by atoms with Gasteiger partial charge >= 0.3 is 5.97 Å². The van der Waals surface area contributed by atoms with Gasteiger partial charge in [-0.3, -0.25) is 9.11 Å². The Bertz CT molecular complexity index is 1130. The second kappa shape index (κ2) is 13.8. The molecule has 0 bridgehead atoms. The van der Waals surface area contributed by atoms with Crippen LogP contribution in [0.1, 0.15) is 52.4 Å². The van der Waals surface area contributed by atoms with E-state index in [2.05, 4.69) is 52.6 Å². The van der Waals surface area contributed by atoms with Gasteiger partial charge in [0.2, 0.25) is 0 Å². The molecule has 0 radical (unpaired) electrons. The number of methoxy groups -OCH3 is 1. The molecule has 0 amide bonds. The minimum Gasteiger partial charge on any atom is -0.466 e. The molecule has 1 aliphatic rings. The van der Waals surface area contributed by atoms with Gasteiger partial charge in [0.25, 0.3) is 0 Å². The van der Waals surface area contributed by atoms with Crippen LogP contribution in [0.3, 0.4) is 0 Å². The minimum absolute atomic E-state index is 0.255. The molecule has 0 spiro atoms. The van der Waals surface area contributed by atoms with E-state index in [9.17, 15) is 13.9 Å². The van der Waals surface area contributed by atoms with Gasteiger partial charge in [0.05, 0.1) is 34.9 Å². The van der Waals surface area contributed by atoms with Crippen molar-refractivity contribution < 1.29 is 23.4 Å². The largest absolute Gasteiger partial charge is 0.466 e. The third-order valence-corrected chi connectivity index (χ3v) is 10.1. The first-order chi connectivity index (χ1) is 18.6. The molecule has 0 aromatic heterocycles. The fraction of sp³-hybridized carbons (Fsp3) is 0.500. The molecule has 2 N–H and O–H groups in total. The van der Waals surface area contributed by atoms with Crippen molar-refractivity contribution in [3.8, 4) is 5.75 Å². The lowest BCUT2D eigenvalue weighted by Gasteiger charge is -2.42. The first-order valence-corrected chi connectivity index (χ1v) is 16.5. The summed E-state index contributed by atoms with van der Waals surface area (Å²) < 4.78 is 34.1. The van der Waals surface area contributed by atoms with Gasteiger partial charge < -0.3 is 19.3 Å². The van der Waals surface area contributed by atoms with Crippen molar-refractivity contribution in [1.29, 1.82) is 0 Å². The fourth-order valence-corrected chi connectivity index (χ4v) is 7.88. The summed E-state index contributed by atoms with van der Waals surface area (Å²) in [5.41, 5.74) is 2.65. The van der Waals surface area contributed by atoms with Crippen LogP contribution in [0, 0.1) is 5.41 Å². The number of esters is 1. The molecule has 0 saturated carbocycles. The topological polar surface area (TPSA) is 82.5 Å². The molecule has 0 atom stereocenters. The third kappa shape index (κ3) is 7.66. The standard InChI is InChI=1S/C30H44N2O5S2/c1-7-9-16-30(17-10-8-2)21-32(24-13-11-23(12-14-24)31(3)4)25-19-27(38-6)26(37-18-15-29(33)36-5)20-28(25)39(34,35)22-30/h11-15,18-20,34-35H,7-10,16-17,21-22H2,1-6H3/b18-15+. The van der Waals surface area contributed by atoms with E-state index < -0.39 is 16.6 Å². The summed E-state index contributed by atoms with van der Waals surface area (Å²) in [5, 5.41) is 0. The zero-order chi connectivity index (χ0) is 28.6. The van der Waals surface area contributed by atoms with Gasteiger partial charge in [-0.25, -0.2) is 4.79 Å². The maximum atomic E-state index is 11.8. The van der Waals surface area contributed by atoms with Gasteiger partial charge in [-0.15, -0.1) is 11.8 Å². The normalized spacial score (nSPS) is 16.9. The van der Waals surface area contributed by atoms with Crippen LogP contribution in [0.4, 0.5) is 17.1 Å². The summed E-state index contributed by atoms with van der Waals surface area (Å²) in [4.78, 5) is 17.2. The lowest BCUT2D eigenvalue weighted by Crippen LogP contribution is -2.37. The Morgan fingerprint density at radius 3 is 2.31 bits per heavy atom. The molecule has 7 nitrogen and oxygen atoms in total. The lowest BCUT2D eigenvalue weighted by molar-refractivity contribution is -0.134. The van der Waals surface area contributed by atoms with Crippen LogP contribution in [0.2, 0.25) is 0 Å². The van der Waals surface area contributed by atoms with Crippen LogP contribution in [0.5, 0.6) is 5.75 Å². The average Bonchev–Trinajstić information content (AvgIpc) is 3.02. The molecule has 1 aliphatic heterocycles. The molecule has 2 aromatic carbocycles. The number of anilines is 3. The van der Waals surface area contributed by atoms with Gasteiger partial charge in [-0.05, 0) is 49.4 Å². The van der Waals surface area contributed by atoms with Gasteiger partial charge in [-0.1, -0.05) is 39.5 Å². The highest BCUT2D eigenvalue weighted by Gasteiger charge is 2.42. The van der Waals surface area contributed by atoms with Crippen LogP contribution >= 0.6 is 22.4 Å². The third-order valence-electron chi connectivity index (χ3n) is 7.29. The Kier molecular flexibility index (Phi) is 11.1. The van der Waals surface area contributed by atoms with E-state index in [4.69, 9.17) is 4.74 Å². The summed E-state index contributed by atoms with van der Waals surface area (Å²) in [7, 11) is 2.19. The number of nitrogens with zero attached hydrogens (tertiary/aromatic N) is 2. The number of ether oxygens (including phenoxy) is 2. The Morgan fingerprint density at radius 1 is 1.13 bits per heavy atom. The van der Waals surface area contributed by atoms with E-state index >= 15 is 0 Å². The maximum absolute atomic E-state index is 11.8. The molecule has 39 heavy (non-hydrogen) atoms. The van der Waals surface area contributed by atoms with E-state index in [0.717, 1.165) is 60.5 Å². The van der Waals surface area contributed by atoms with Crippen molar-refractivity contribution in [2.45, 2.75) is 62.2 Å². The van der Waals surface area contributed by atoms with Crippen LogP contribution in [0.15, 0.2) is 58.5 Å². The zero-order valence-electron chi connectivity index (χ0n) is 24.1. The predicted molar refractivity (Wildman–Crippen MR) is 165 cm³/mol. The second-order valence-corrected chi connectivity index (χ2v) is 13.3. The van der Waals surface area contributed by atoms with Gasteiger partial charge in [0, 0.05) is 49.2 Å². The maximum Gasteiger partial charge on any atom is 0.333 e. The number of unbranched alkanes of at least 4 members (excludes halogenated alkanes) is 2. The lowest BCUT2D eigenvalue weighted by atomic mass is 9.79. The number of benzene rings is 2. The van der Waals surface area contributed by atoms with Gasteiger partial charge in [-0.2, -0.15) is 10.6 Å². The molecule has 0 aliphatic carbocycles. The van der Waals surface area contributed by atoms with Crippen molar-refractivity contribution in [3.05, 3.63) is 48.7 Å². The van der Waals surface area contributed by atoms with Crippen LogP contribution in [-0.4, -0.2) is 54.8 Å². The Morgan fingerprint density at radius 2 is 1.77 bits per heavy atom. The highest BCUT2D eigenvalue weighted by Crippen LogP contribution is 2.62. The van der Waals surface area contributed by atoms with Crippen molar-refractivity contribution in [3.63, 3.8) is 0 Å². The number of carbonyl (C=O) groups is 1. The molecule has 0 saturated heterocycles. The molecule has 216 valence electrons. The van der Waals surface area contributed by atoms with Crippen molar-refractivity contribution in [2.75, 3.05) is 49.6 Å². The zero-order valence-corrected chi connectivity index (χ0v) is 25.7. The van der Waals surface area contributed by atoms with E-state index in [0.29, 0.717) is 22.9 Å². The predicted octanol–water partition coefficient (Wildman–Crippen LogP) is 8.17. The Balaban J connectivity index is 2.21. The summed E-state index contributed by atoms with van der Waals surface area (Å²) in [6.07, 6.45) is 10.5. The number of hydrogen-bond donors (Lipinski definition) is 2. The number of thioether (sulfide) groups is 1. The number of fused-ring (bicyclic) bond motifs is 1. The van der Waals surface area contributed by atoms with E-state index in [1.807, 2.05) is 26.4 Å². The molecule has 3 rings (SSSR count). The van der Waals surface area contributed by atoms with Gasteiger partial charge in [0.1, 0.15) is 5.75 Å². The molecular weight excluding hydrogens is 532 g/mol. The van der Waals surface area contributed by atoms with Crippen molar-refractivity contribution in [1.82, 2.24) is 0 Å². The summed E-state index contributed by atoms with van der Waals surface area (Å²) in [5.74, 6) is 0.262. The van der Waals surface area contributed by atoms with Crippen LogP contribution in [0.25, 0.3) is 0 Å². The smallest absolute Gasteiger partial charge is 0.333 e. The summed E-state index contributed by atoms with van der Waals surface area (Å²) in [6.45, 7) is 5.07. The quantitative estimate of drug-likeness (QED) is 0.113. The Labute approximate surface area is 239 Å². The second-order valence-electron chi connectivity index (χ2n) is 10.4. The highest BCUT2D eigenvalue weighted by molar-refractivity contribution is 8.24. The van der Waals surface area contributed by atoms with Crippen molar-refractivity contribution in [2.24, 2.45) is 5.41 Å². The average molecular weight is 577 g/mol. The van der Waals surface area contributed by atoms with Gasteiger partial charge in [0.15, 0.2) is 0 Å². The molecule has 0 fully saturated rings. The molecule has 0 unspecified atom stereocenters. The van der Waals surface area contributed by atoms with Crippen molar-refractivity contribution >= 4 is 45.4 Å². The van der Waals surface area contributed by atoms with Crippen LogP contribution < -0.4 is 14.5 Å². The van der Waals surface area contributed by atoms with E-state index in [-0.39, 0.29) is 5.41 Å². The first-order valence-electron chi connectivity index (χ1n) is 13.5. The molecular formula is C30H44N2O5S2. The molecule has 1 heterocycles. The first kappa shape index (κ1) is 31.2. The molecule has 9 heteroatoms. The summed E-state index contributed by atoms with van der Waals surface area (Å²) >= 11 is 1.51. The fourth-order valence-electron chi connectivity index (χ4n) is 5.15. The van der Waals surface area contributed by atoms with E-state index in [1.54, 1.807) is 6.07 Å². The monoisotopic (exact) mass is 576 g/mol. The Hall–Kier alpha value is -2.33. The number of hydrogen-bond acceptors (Lipinski definition) is 8. The molecule has 2 aromatic rings.